The SMILES string of the molecule is CC(C)(Cc1ccccc1)C[SiH](Cl)C(C)(C)c1ccccc1. The number of benzene rings is 2. The summed E-state index contributed by atoms with van der Waals surface area (Å²) in [5, 5.41) is 0.108. The van der Waals surface area contributed by atoms with Gasteiger partial charge in [0.15, 0.2) is 8.11 Å². The topological polar surface area (TPSA) is 0 Å². The van der Waals surface area contributed by atoms with Crippen LogP contribution in [0.5, 0.6) is 0 Å². The first kappa shape index (κ1) is 17.3. The molecule has 0 fully saturated rings. The lowest BCUT2D eigenvalue weighted by Crippen LogP contribution is -2.37. The number of hydrogen-bond acceptors (Lipinski definition) is 0. The quantitative estimate of drug-likeness (QED) is 0.468. The molecule has 0 amide bonds. The Bertz CT molecular complexity index is 575. The van der Waals surface area contributed by atoms with E-state index in [0.29, 0.717) is 0 Å². The van der Waals surface area contributed by atoms with Crippen molar-refractivity contribution in [1.82, 2.24) is 0 Å². The third-order valence-electron chi connectivity index (χ3n) is 4.56. The van der Waals surface area contributed by atoms with E-state index in [1.807, 2.05) is 0 Å². The lowest BCUT2D eigenvalue weighted by atomic mass is 9.88. The van der Waals surface area contributed by atoms with Crippen molar-refractivity contribution in [3.63, 3.8) is 0 Å². The van der Waals surface area contributed by atoms with Crippen LogP contribution in [0.3, 0.4) is 0 Å². The summed E-state index contributed by atoms with van der Waals surface area (Å²) in [4.78, 5) is 0. The molecule has 1 unspecified atom stereocenters. The van der Waals surface area contributed by atoms with E-state index >= 15 is 0 Å². The van der Waals surface area contributed by atoms with Crippen LogP contribution >= 0.6 is 11.1 Å². The second-order valence-corrected chi connectivity index (χ2v) is 12.0. The average Bonchev–Trinajstić information content (AvgIpc) is 2.48. The van der Waals surface area contributed by atoms with Gasteiger partial charge in [-0.05, 0) is 34.0 Å². The summed E-state index contributed by atoms with van der Waals surface area (Å²) in [5.41, 5.74) is 3.02. The van der Waals surface area contributed by atoms with Crippen molar-refractivity contribution >= 4 is 19.2 Å². The molecule has 0 radical (unpaired) electrons. The summed E-state index contributed by atoms with van der Waals surface area (Å²) < 4.78 is 0. The van der Waals surface area contributed by atoms with E-state index in [4.69, 9.17) is 11.1 Å². The summed E-state index contributed by atoms with van der Waals surface area (Å²) in [6.45, 7) is 9.32. The first-order valence-corrected chi connectivity index (χ1v) is 11.2. The lowest BCUT2D eigenvalue weighted by Gasteiger charge is -2.35. The molecule has 0 spiro atoms. The summed E-state index contributed by atoms with van der Waals surface area (Å²) >= 11 is 7.00. The predicted octanol–water partition coefficient (Wildman–Crippen LogP) is 5.73. The Kier molecular flexibility index (Phi) is 5.52. The van der Waals surface area contributed by atoms with Gasteiger partial charge in [0.25, 0.3) is 0 Å². The summed E-state index contributed by atoms with van der Waals surface area (Å²) in [5.74, 6) is 0. The van der Waals surface area contributed by atoms with Crippen molar-refractivity contribution in [2.24, 2.45) is 5.41 Å². The van der Waals surface area contributed by atoms with Gasteiger partial charge in [-0.3, -0.25) is 0 Å². The predicted molar refractivity (Wildman–Crippen MR) is 101 cm³/mol. The van der Waals surface area contributed by atoms with Crippen LogP contribution in [0.4, 0.5) is 0 Å². The van der Waals surface area contributed by atoms with Crippen molar-refractivity contribution in [2.75, 3.05) is 0 Å². The van der Waals surface area contributed by atoms with E-state index in [1.54, 1.807) is 0 Å². The molecule has 2 aromatic rings. The zero-order valence-electron chi connectivity index (χ0n) is 14.1. The monoisotopic (exact) mass is 330 g/mol. The molecule has 2 aromatic carbocycles. The van der Waals surface area contributed by atoms with Gasteiger partial charge >= 0.3 is 0 Å². The van der Waals surface area contributed by atoms with Gasteiger partial charge in [0.2, 0.25) is 0 Å². The maximum absolute atomic E-state index is 7.00. The van der Waals surface area contributed by atoms with Crippen LogP contribution in [0.25, 0.3) is 0 Å². The Hall–Kier alpha value is -1.05. The third kappa shape index (κ3) is 4.47. The van der Waals surface area contributed by atoms with E-state index in [1.165, 1.54) is 11.1 Å². The van der Waals surface area contributed by atoms with Crippen LogP contribution in [0.2, 0.25) is 6.04 Å². The van der Waals surface area contributed by atoms with E-state index in [9.17, 15) is 0 Å². The molecule has 22 heavy (non-hydrogen) atoms. The molecule has 0 N–H and O–H groups in total. The second kappa shape index (κ2) is 7.02. The molecule has 0 heterocycles. The van der Waals surface area contributed by atoms with Crippen molar-refractivity contribution in [1.29, 1.82) is 0 Å². The number of halogens is 1. The molecule has 0 bridgehead atoms. The third-order valence-corrected chi connectivity index (χ3v) is 10.0. The average molecular weight is 331 g/mol. The van der Waals surface area contributed by atoms with Crippen molar-refractivity contribution < 1.29 is 0 Å². The lowest BCUT2D eigenvalue weighted by molar-refractivity contribution is 0.404. The Balaban J connectivity index is 2.08. The highest BCUT2D eigenvalue weighted by Gasteiger charge is 2.35. The maximum Gasteiger partial charge on any atom is 0.151 e. The van der Waals surface area contributed by atoms with Gasteiger partial charge in [-0.2, -0.15) is 11.1 Å². The molecule has 2 heteroatoms. The van der Waals surface area contributed by atoms with Crippen LogP contribution in [-0.2, 0) is 11.5 Å². The molecule has 0 aliphatic heterocycles. The van der Waals surface area contributed by atoms with Gasteiger partial charge < -0.3 is 0 Å². The zero-order valence-corrected chi connectivity index (χ0v) is 16.1. The van der Waals surface area contributed by atoms with Crippen molar-refractivity contribution in [3.05, 3.63) is 71.8 Å². The molecule has 0 saturated carbocycles. The first-order valence-electron chi connectivity index (χ1n) is 8.05. The Morgan fingerprint density at radius 3 is 1.86 bits per heavy atom. The molecular weight excluding hydrogens is 304 g/mol. The van der Waals surface area contributed by atoms with Crippen molar-refractivity contribution in [3.8, 4) is 0 Å². The number of hydrogen-bond donors (Lipinski definition) is 0. The van der Waals surface area contributed by atoms with Gasteiger partial charge in [-0.1, -0.05) is 88.4 Å². The van der Waals surface area contributed by atoms with Gasteiger partial charge in [0.05, 0.1) is 0 Å². The molecule has 0 aliphatic rings. The van der Waals surface area contributed by atoms with E-state index < -0.39 is 8.11 Å². The van der Waals surface area contributed by atoms with Gasteiger partial charge in [0.1, 0.15) is 0 Å². The van der Waals surface area contributed by atoms with E-state index in [2.05, 4.69) is 88.4 Å². The fraction of sp³-hybridized carbons (Fsp3) is 0.400. The number of rotatable bonds is 6. The highest BCUT2D eigenvalue weighted by Crippen LogP contribution is 2.37. The molecule has 0 aliphatic carbocycles. The van der Waals surface area contributed by atoms with Crippen LogP contribution < -0.4 is 0 Å². The molecule has 1 atom stereocenters. The standard InChI is InChI=1S/C20H27ClSi/c1-19(2,15-17-11-7-5-8-12-17)16-22(21)20(3,4)18-13-9-6-10-14-18/h5-14,22H,15-16H2,1-4H3. The Labute approximate surface area is 141 Å². The summed E-state index contributed by atoms with van der Waals surface area (Å²) in [7, 11) is -1.43. The second-order valence-electron chi connectivity index (χ2n) is 7.59. The normalized spacial score (nSPS) is 13.9. The maximum atomic E-state index is 7.00. The molecule has 0 aromatic heterocycles. The van der Waals surface area contributed by atoms with Gasteiger partial charge in [0, 0.05) is 0 Å². The first-order chi connectivity index (χ1) is 10.3. The minimum absolute atomic E-state index is 0.108. The van der Waals surface area contributed by atoms with E-state index in [0.717, 1.165) is 12.5 Å². The minimum atomic E-state index is -1.43. The molecule has 2 rings (SSSR count). The fourth-order valence-corrected chi connectivity index (χ4v) is 6.82. The zero-order chi connectivity index (χ0) is 16.2. The highest BCUT2D eigenvalue weighted by atomic mass is 35.6. The van der Waals surface area contributed by atoms with E-state index in [-0.39, 0.29) is 10.5 Å². The molecular formula is C20H27ClSi. The van der Waals surface area contributed by atoms with Gasteiger partial charge in [-0.15, -0.1) is 0 Å². The summed E-state index contributed by atoms with van der Waals surface area (Å²) in [6, 6.07) is 22.6. The Morgan fingerprint density at radius 2 is 1.32 bits per heavy atom. The van der Waals surface area contributed by atoms with Crippen LogP contribution in [0.1, 0.15) is 38.8 Å². The van der Waals surface area contributed by atoms with Gasteiger partial charge in [-0.25, -0.2) is 0 Å². The van der Waals surface area contributed by atoms with Crippen LogP contribution in [0, 0.1) is 5.41 Å². The molecule has 0 saturated heterocycles. The van der Waals surface area contributed by atoms with Crippen molar-refractivity contribution in [2.45, 2.75) is 45.2 Å². The largest absolute Gasteiger partial charge is 0.171 e. The van der Waals surface area contributed by atoms with Crippen LogP contribution in [-0.4, -0.2) is 8.11 Å². The Morgan fingerprint density at radius 1 is 0.818 bits per heavy atom. The van der Waals surface area contributed by atoms with Crippen LogP contribution in [0.15, 0.2) is 60.7 Å². The fourth-order valence-electron chi connectivity index (χ4n) is 3.01. The summed E-state index contributed by atoms with van der Waals surface area (Å²) in [6.07, 6.45) is 1.09. The highest BCUT2D eigenvalue weighted by molar-refractivity contribution is 7.08. The minimum Gasteiger partial charge on any atom is -0.171 e. The molecule has 118 valence electrons. The molecule has 0 nitrogen and oxygen atoms in total. The smallest absolute Gasteiger partial charge is 0.151 e.